The third kappa shape index (κ3) is 4.87. The Hall–Kier alpha value is -2.61. The second kappa shape index (κ2) is 9.26. The van der Waals surface area contributed by atoms with Crippen molar-refractivity contribution < 1.29 is 4.79 Å². The summed E-state index contributed by atoms with van der Waals surface area (Å²) in [4.78, 5) is 28.9. The topological polar surface area (TPSA) is 89.8 Å². The fourth-order valence-corrected chi connectivity index (χ4v) is 4.74. The standard InChI is InChI=1S/C21H25N5O2S/c27-18(23-21-25-24-19(29-21)15-8-3-4-9-15)12-2-1-7-13-26-14-22-17-11-6-5-10-16(17)20(26)28/h5-6,10-11,14-15H,1-4,7-9,12-13H2,(H,23,25,27). The van der Waals surface area contributed by atoms with E-state index >= 15 is 0 Å². The second-order valence-electron chi connectivity index (χ2n) is 7.55. The molecule has 7 nitrogen and oxygen atoms in total. The van der Waals surface area contributed by atoms with Crippen LogP contribution in [0, 0.1) is 0 Å². The monoisotopic (exact) mass is 411 g/mol. The first-order valence-electron chi connectivity index (χ1n) is 10.3. The van der Waals surface area contributed by atoms with Crippen molar-refractivity contribution in [3.05, 3.63) is 46.0 Å². The molecule has 0 saturated heterocycles. The van der Waals surface area contributed by atoms with Crippen LogP contribution in [-0.4, -0.2) is 25.7 Å². The number of aryl methyl sites for hydroxylation is 1. The van der Waals surface area contributed by atoms with Gasteiger partial charge in [0.15, 0.2) is 0 Å². The van der Waals surface area contributed by atoms with Crippen LogP contribution in [-0.2, 0) is 11.3 Å². The SMILES string of the molecule is O=C(CCCCCn1cnc2ccccc2c1=O)Nc1nnc(C2CCCC2)s1. The summed E-state index contributed by atoms with van der Waals surface area (Å²) in [5, 5.41) is 13.5. The molecule has 152 valence electrons. The van der Waals surface area contributed by atoms with Crippen LogP contribution in [0.15, 0.2) is 35.4 Å². The fourth-order valence-electron chi connectivity index (χ4n) is 3.81. The van der Waals surface area contributed by atoms with Crippen LogP contribution in [0.1, 0.15) is 62.3 Å². The van der Waals surface area contributed by atoms with E-state index in [2.05, 4.69) is 20.5 Å². The number of unbranched alkanes of at least 4 members (excludes halogenated alkanes) is 2. The van der Waals surface area contributed by atoms with Crippen LogP contribution >= 0.6 is 11.3 Å². The number of anilines is 1. The number of carbonyl (C=O) groups is 1. The molecule has 1 N–H and O–H groups in total. The molecule has 1 aliphatic rings. The lowest BCUT2D eigenvalue weighted by Crippen LogP contribution is -2.20. The Bertz CT molecular complexity index is 1040. The van der Waals surface area contributed by atoms with Gasteiger partial charge in [-0.2, -0.15) is 0 Å². The number of carbonyl (C=O) groups excluding carboxylic acids is 1. The summed E-state index contributed by atoms with van der Waals surface area (Å²) in [6.07, 6.45) is 9.40. The molecule has 0 bridgehead atoms. The molecule has 1 fully saturated rings. The van der Waals surface area contributed by atoms with E-state index < -0.39 is 0 Å². The van der Waals surface area contributed by atoms with Gasteiger partial charge in [-0.3, -0.25) is 14.2 Å². The molecule has 1 aromatic carbocycles. The highest BCUT2D eigenvalue weighted by Crippen LogP contribution is 2.36. The molecule has 29 heavy (non-hydrogen) atoms. The van der Waals surface area contributed by atoms with Gasteiger partial charge < -0.3 is 5.32 Å². The molecule has 0 radical (unpaired) electrons. The lowest BCUT2D eigenvalue weighted by atomic mass is 10.1. The van der Waals surface area contributed by atoms with Crippen LogP contribution in [0.3, 0.4) is 0 Å². The van der Waals surface area contributed by atoms with E-state index in [9.17, 15) is 9.59 Å². The number of hydrogen-bond donors (Lipinski definition) is 1. The minimum absolute atomic E-state index is 0.0114. The van der Waals surface area contributed by atoms with Gasteiger partial charge in [0.05, 0.1) is 17.2 Å². The number of nitrogens with zero attached hydrogens (tertiary/aromatic N) is 4. The van der Waals surface area contributed by atoms with Crippen molar-refractivity contribution in [2.45, 2.75) is 63.8 Å². The van der Waals surface area contributed by atoms with E-state index in [1.165, 1.54) is 37.0 Å². The summed E-state index contributed by atoms with van der Waals surface area (Å²) in [5.74, 6) is 0.495. The van der Waals surface area contributed by atoms with E-state index in [0.29, 0.717) is 29.4 Å². The van der Waals surface area contributed by atoms with Crippen molar-refractivity contribution in [1.29, 1.82) is 0 Å². The summed E-state index contributed by atoms with van der Waals surface area (Å²) in [6, 6.07) is 7.37. The van der Waals surface area contributed by atoms with Gasteiger partial charge in [-0.15, -0.1) is 10.2 Å². The van der Waals surface area contributed by atoms with Crippen molar-refractivity contribution >= 4 is 33.3 Å². The van der Waals surface area contributed by atoms with E-state index in [-0.39, 0.29) is 11.5 Å². The molecule has 8 heteroatoms. The molecule has 1 amide bonds. The van der Waals surface area contributed by atoms with Gasteiger partial charge in [0.1, 0.15) is 5.01 Å². The summed E-state index contributed by atoms with van der Waals surface area (Å²) >= 11 is 1.50. The quantitative estimate of drug-likeness (QED) is 0.564. The van der Waals surface area contributed by atoms with Crippen LogP contribution in [0.2, 0.25) is 0 Å². The van der Waals surface area contributed by atoms with Crippen molar-refractivity contribution in [2.75, 3.05) is 5.32 Å². The normalized spacial score (nSPS) is 14.5. The highest BCUT2D eigenvalue weighted by molar-refractivity contribution is 7.15. The molecule has 0 unspecified atom stereocenters. The second-order valence-corrected chi connectivity index (χ2v) is 8.56. The van der Waals surface area contributed by atoms with Crippen molar-refractivity contribution in [2.24, 2.45) is 0 Å². The van der Waals surface area contributed by atoms with Gasteiger partial charge in [-0.25, -0.2) is 4.98 Å². The highest BCUT2D eigenvalue weighted by atomic mass is 32.1. The minimum Gasteiger partial charge on any atom is -0.301 e. The number of amides is 1. The lowest BCUT2D eigenvalue weighted by Gasteiger charge is -2.06. The third-order valence-corrected chi connectivity index (χ3v) is 6.43. The number of rotatable bonds is 8. The van der Waals surface area contributed by atoms with Gasteiger partial charge in [-0.05, 0) is 37.8 Å². The van der Waals surface area contributed by atoms with Crippen molar-refractivity contribution in [3.63, 3.8) is 0 Å². The Morgan fingerprint density at radius 1 is 1.14 bits per heavy atom. The molecule has 2 heterocycles. The van der Waals surface area contributed by atoms with Crippen LogP contribution < -0.4 is 10.9 Å². The molecule has 1 aliphatic carbocycles. The van der Waals surface area contributed by atoms with Crippen molar-refractivity contribution in [3.8, 4) is 0 Å². The molecule has 0 spiro atoms. The van der Waals surface area contributed by atoms with Gasteiger partial charge in [0, 0.05) is 18.9 Å². The van der Waals surface area contributed by atoms with E-state index in [4.69, 9.17) is 0 Å². The number of benzene rings is 1. The Morgan fingerprint density at radius 2 is 1.97 bits per heavy atom. The van der Waals surface area contributed by atoms with Crippen LogP contribution in [0.25, 0.3) is 10.9 Å². The minimum atomic E-state index is -0.0244. The number of fused-ring (bicyclic) bond motifs is 1. The van der Waals surface area contributed by atoms with E-state index in [0.717, 1.165) is 29.8 Å². The number of nitrogens with one attached hydrogen (secondary N) is 1. The molecule has 1 saturated carbocycles. The summed E-state index contributed by atoms with van der Waals surface area (Å²) < 4.78 is 1.65. The zero-order valence-electron chi connectivity index (χ0n) is 16.3. The fraction of sp³-hybridized carbons (Fsp3) is 0.476. The first-order valence-corrected chi connectivity index (χ1v) is 11.1. The first-order chi connectivity index (χ1) is 14.2. The average Bonchev–Trinajstić information content (AvgIpc) is 3.41. The summed E-state index contributed by atoms with van der Waals surface area (Å²) in [7, 11) is 0. The maximum Gasteiger partial charge on any atom is 0.261 e. The Balaban J connectivity index is 1.19. The van der Waals surface area contributed by atoms with Gasteiger partial charge in [0.25, 0.3) is 5.56 Å². The maximum atomic E-state index is 12.4. The first kappa shape index (κ1) is 19.7. The van der Waals surface area contributed by atoms with Crippen molar-refractivity contribution in [1.82, 2.24) is 19.7 Å². The highest BCUT2D eigenvalue weighted by Gasteiger charge is 2.21. The third-order valence-electron chi connectivity index (χ3n) is 5.43. The Kier molecular flexibility index (Phi) is 6.29. The molecule has 0 aliphatic heterocycles. The number of para-hydroxylation sites is 1. The van der Waals surface area contributed by atoms with E-state index in [1.54, 1.807) is 17.0 Å². The number of hydrogen-bond acceptors (Lipinski definition) is 6. The van der Waals surface area contributed by atoms with Gasteiger partial charge >= 0.3 is 0 Å². The average molecular weight is 412 g/mol. The summed E-state index contributed by atoms with van der Waals surface area (Å²) in [5.41, 5.74) is 0.709. The molecular formula is C21H25N5O2S. The van der Waals surface area contributed by atoms with Crippen LogP contribution in [0.4, 0.5) is 5.13 Å². The number of aromatic nitrogens is 4. The zero-order chi connectivity index (χ0) is 20.1. The summed E-state index contributed by atoms with van der Waals surface area (Å²) in [6.45, 7) is 0.611. The molecule has 4 rings (SSSR count). The van der Waals surface area contributed by atoms with Crippen LogP contribution in [0.5, 0.6) is 0 Å². The van der Waals surface area contributed by atoms with E-state index in [1.807, 2.05) is 18.2 Å². The predicted molar refractivity (Wildman–Crippen MR) is 114 cm³/mol. The Morgan fingerprint density at radius 3 is 2.83 bits per heavy atom. The largest absolute Gasteiger partial charge is 0.301 e. The predicted octanol–water partition coefficient (Wildman–Crippen LogP) is 4.10. The van der Waals surface area contributed by atoms with Gasteiger partial charge in [-0.1, -0.05) is 42.7 Å². The molecule has 0 atom stereocenters. The molecule has 2 aromatic heterocycles. The lowest BCUT2D eigenvalue weighted by molar-refractivity contribution is -0.116. The smallest absolute Gasteiger partial charge is 0.261 e. The zero-order valence-corrected chi connectivity index (χ0v) is 17.2. The molecular weight excluding hydrogens is 386 g/mol. The maximum absolute atomic E-state index is 12.4. The molecule has 3 aromatic rings. The van der Waals surface area contributed by atoms with Gasteiger partial charge in [0.2, 0.25) is 11.0 Å². The Labute approximate surface area is 173 Å².